The Hall–Kier alpha value is -1.71. The van der Waals surface area contributed by atoms with Crippen LogP contribution in [0, 0.1) is 12.3 Å². The van der Waals surface area contributed by atoms with E-state index in [1.54, 1.807) is 24.3 Å². The monoisotopic (exact) mass is 268 g/mol. The first-order valence-electron chi connectivity index (χ1n) is 5.42. The van der Waals surface area contributed by atoms with Crippen molar-refractivity contribution in [2.45, 2.75) is 6.42 Å². The number of anilines is 1. The number of hydrogen-bond donors (Lipinski definition) is 2. The van der Waals surface area contributed by atoms with Crippen LogP contribution in [0.1, 0.15) is 6.42 Å². The van der Waals surface area contributed by atoms with E-state index in [1.807, 2.05) is 0 Å². The molecule has 0 aliphatic carbocycles. The van der Waals surface area contributed by atoms with Crippen molar-refractivity contribution in [1.29, 1.82) is 0 Å². The summed E-state index contributed by atoms with van der Waals surface area (Å²) in [5, 5.41) is 0. The maximum atomic E-state index is 11.5. The number of terminal acetylenes is 1. The minimum atomic E-state index is -3.33. The molecule has 0 amide bonds. The summed E-state index contributed by atoms with van der Waals surface area (Å²) >= 11 is 0. The van der Waals surface area contributed by atoms with Crippen molar-refractivity contribution < 1.29 is 13.2 Å². The molecule has 0 spiro atoms. The summed E-state index contributed by atoms with van der Waals surface area (Å²) in [4.78, 5) is 0. The largest absolute Gasteiger partial charge is 0.492 e. The lowest BCUT2D eigenvalue weighted by molar-refractivity contribution is 0.340. The Balaban J connectivity index is 2.33. The highest BCUT2D eigenvalue weighted by Gasteiger charge is 2.09. The Morgan fingerprint density at radius 1 is 1.33 bits per heavy atom. The van der Waals surface area contributed by atoms with E-state index in [9.17, 15) is 8.42 Å². The third-order valence-corrected chi connectivity index (χ3v) is 3.44. The number of benzene rings is 1. The first-order valence-corrected chi connectivity index (χ1v) is 7.08. The van der Waals surface area contributed by atoms with Crippen LogP contribution in [0.2, 0.25) is 0 Å². The van der Waals surface area contributed by atoms with Crippen LogP contribution in [0.15, 0.2) is 24.3 Å². The van der Waals surface area contributed by atoms with E-state index in [1.165, 1.54) is 0 Å². The molecule has 0 saturated heterocycles. The van der Waals surface area contributed by atoms with Crippen molar-refractivity contribution in [3.8, 4) is 18.1 Å². The predicted molar refractivity (Wildman–Crippen MR) is 71.6 cm³/mol. The number of ether oxygens (including phenoxy) is 1. The highest BCUT2D eigenvalue weighted by molar-refractivity contribution is 7.89. The van der Waals surface area contributed by atoms with Gasteiger partial charge >= 0.3 is 0 Å². The zero-order valence-electron chi connectivity index (χ0n) is 9.93. The Bertz CT molecular complexity index is 503. The third kappa shape index (κ3) is 5.57. The lowest BCUT2D eigenvalue weighted by Crippen LogP contribution is -2.29. The molecule has 0 heterocycles. The second kappa shape index (κ2) is 6.89. The second-order valence-electron chi connectivity index (χ2n) is 3.58. The summed E-state index contributed by atoms with van der Waals surface area (Å²) in [5.41, 5.74) is 6.15. The van der Waals surface area contributed by atoms with Gasteiger partial charge in [0.2, 0.25) is 10.0 Å². The van der Waals surface area contributed by atoms with Crippen LogP contribution in [0.5, 0.6) is 5.75 Å². The molecule has 0 aromatic heterocycles. The van der Waals surface area contributed by atoms with Crippen molar-refractivity contribution in [2.24, 2.45) is 0 Å². The van der Waals surface area contributed by atoms with E-state index in [0.29, 0.717) is 17.9 Å². The van der Waals surface area contributed by atoms with Crippen LogP contribution in [0.4, 0.5) is 5.69 Å². The molecule has 1 rings (SSSR count). The first-order chi connectivity index (χ1) is 8.53. The van der Waals surface area contributed by atoms with Crippen LogP contribution in [-0.4, -0.2) is 27.3 Å². The molecule has 0 bridgehead atoms. The average molecular weight is 268 g/mol. The van der Waals surface area contributed by atoms with E-state index in [-0.39, 0.29) is 18.9 Å². The topological polar surface area (TPSA) is 81.4 Å². The summed E-state index contributed by atoms with van der Waals surface area (Å²) in [7, 11) is -3.33. The molecule has 0 atom stereocenters. The molecular weight excluding hydrogens is 252 g/mol. The van der Waals surface area contributed by atoms with E-state index >= 15 is 0 Å². The van der Waals surface area contributed by atoms with Gasteiger partial charge in [-0.1, -0.05) is 0 Å². The quantitative estimate of drug-likeness (QED) is 0.431. The zero-order chi connectivity index (χ0) is 13.4. The molecular formula is C12H16N2O3S. The van der Waals surface area contributed by atoms with Crippen molar-refractivity contribution in [1.82, 2.24) is 4.72 Å². The summed E-state index contributed by atoms with van der Waals surface area (Å²) in [6.07, 6.45) is 5.40. The van der Waals surface area contributed by atoms with Crippen LogP contribution < -0.4 is 15.2 Å². The molecule has 6 heteroatoms. The minimum Gasteiger partial charge on any atom is -0.492 e. The summed E-state index contributed by atoms with van der Waals surface area (Å²) < 4.78 is 30.6. The molecule has 98 valence electrons. The van der Waals surface area contributed by atoms with Crippen LogP contribution in [0.3, 0.4) is 0 Å². The first kappa shape index (κ1) is 14.4. The predicted octanol–water partition coefficient (Wildman–Crippen LogP) is 0.590. The van der Waals surface area contributed by atoms with Gasteiger partial charge < -0.3 is 10.5 Å². The van der Waals surface area contributed by atoms with Crippen LogP contribution >= 0.6 is 0 Å². The fourth-order valence-electron chi connectivity index (χ4n) is 1.18. The molecule has 3 N–H and O–H groups in total. The van der Waals surface area contributed by atoms with E-state index in [4.69, 9.17) is 16.9 Å². The van der Waals surface area contributed by atoms with Gasteiger partial charge in [0.05, 0.1) is 5.75 Å². The van der Waals surface area contributed by atoms with Crippen LogP contribution in [0.25, 0.3) is 0 Å². The summed E-state index contributed by atoms with van der Waals surface area (Å²) in [6, 6.07) is 6.76. The number of nitrogens with two attached hydrogens (primary N) is 1. The third-order valence-electron chi connectivity index (χ3n) is 2.09. The molecule has 0 aliphatic heterocycles. The van der Waals surface area contributed by atoms with Gasteiger partial charge in [-0.05, 0) is 24.3 Å². The van der Waals surface area contributed by atoms with E-state index < -0.39 is 10.0 Å². The summed E-state index contributed by atoms with van der Waals surface area (Å²) in [6.45, 7) is 0.329. The summed E-state index contributed by atoms with van der Waals surface area (Å²) in [5.74, 6) is 2.83. The fourth-order valence-corrected chi connectivity index (χ4v) is 2.04. The van der Waals surface area contributed by atoms with Gasteiger partial charge in [0, 0.05) is 18.7 Å². The molecule has 0 saturated carbocycles. The van der Waals surface area contributed by atoms with Gasteiger partial charge in [0.25, 0.3) is 0 Å². The van der Waals surface area contributed by atoms with Gasteiger partial charge in [-0.25, -0.2) is 13.1 Å². The lowest BCUT2D eigenvalue weighted by atomic mass is 10.3. The van der Waals surface area contributed by atoms with Gasteiger partial charge in [0.1, 0.15) is 12.4 Å². The molecule has 1 aromatic carbocycles. The molecule has 5 nitrogen and oxygen atoms in total. The average Bonchev–Trinajstić information content (AvgIpc) is 2.32. The maximum absolute atomic E-state index is 11.5. The van der Waals surface area contributed by atoms with Crippen molar-refractivity contribution in [2.75, 3.05) is 24.6 Å². The molecule has 0 aliphatic rings. The van der Waals surface area contributed by atoms with E-state index in [0.717, 1.165) is 0 Å². The molecule has 0 unspecified atom stereocenters. The Labute approximate surface area is 107 Å². The minimum absolute atomic E-state index is 0.0787. The highest BCUT2D eigenvalue weighted by Crippen LogP contribution is 2.12. The Kier molecular flexibility index (Phi) is 5.49. The highest BCUT2D eigenvalue weighted by atomic mass is 32.2. The SMILES string of the molecule is C#CCCNS(=O)(=O)CCOc1ccc(N)cc1. The lowest BCUT2D eigenvalue weighted by Gasteiger charge is -2.07. The molecule has 0 radical (unpaired) electrons. The van der Waals surface area contributed by atoms with Crippen LogP contribution in [-0.2, 0) is 10.0 Å². The normalized spacial score (nSPS) is 10.8. The number of nitrogens with one attached hydrogen (secondary N) is 1. The fraction of sp³-hybridized carbons (Fsp3) is 0.333. The molecule has 1 aromatic rings. The number of hydrogen-bond acceptors (Lipinski definition) is 4. The smallest absolute Gasteiger partial charge is 0.214 e. The Morgan fingerprint density at radius 3 is 2.61 bits per heavy atom. The van der Waals surface area contributed by atoms with Gasteiger partial charge in [0.15, 0.2) is 0 Å². The number of rotatable bonds is 7. The second-order valence-corrected chi connectivity index (χ2v) is 5.51. The van der Waals surface area contributed by atoms with Crippen molar-refractivity contribution in [3.63, 3.8) is 0 Å². The Morgan fingerprint density at radius 2 is 2.00 bits per heavy atom. The van der Waals surface area contributed by atoms with Gasteiger partial charge in [-0.15, -0.1) is 12.3 Å². The van der Waals surface area contributed by atoms with Crippen molar-refractivity contribution in [3.05, 3.63) is 24.3 Å². The van der Waals surface area contributed by atoms with Crippen molar-refractivity contribution >= 4 is 15.7 Å². The standard InChI is InChI=1S/C12H16N2O3S/c1-2-3-8-14-18(15,16)10-9-17-12-6-4-11(13)5-7-12/h1,4-7,14H,3,8-10,13H2. The number of nitrogen functional groups attached to an aromatic ring is 1. The van der Waals surface area contributed by atoms with E-state index in [2.05, 4.69) is 10.6 Å². The zero-order valence-corrected chi connectivity index (χ0v) is 10.7. The molecule has 18 heavy (non-hydrogen) atoms. The molecule has 0 fully saturated rings. The van der Waals surface area contributed by atoms with Gasteiger partial charge in [-0.3, -0.25) is 0 Å². The maximum Gasteiger partial charge on any atom is 0.214 e. The number of sulfonamides is 1. The van der Waals surface area contributed by atoms with Gasteiger partial charge in [-0.2, -0.15) is 0 Å².